The van der Waals surface area contributed by atoms with Crippen LogP contribution in [-0.4, -0.2) is 18.2 Å². The average molecular weight is 331 g/mol. The molecule has 0 aliphatic heterocycles. The SMILES string of the molecule is CC(=O)c1cccc(NC(=O)CN[C@@H](C)c2ccc(Cl)cc2)c1. The second-order valence-corrected chi connectivity index (χ2v) is 5.78. The molecule has 23 heavy (non-hydrogen) atoms. The van der Waals surface area contributed by atoms with Crippen LogP contribution < -0.4 is 10.6 Å². The summed E-state index contributed by atoms with van der Waals surface area (Å²) in [6, 6.07) is 14.4. The van der Waals surface area contributed by atoms with Gasteiger partial charge in [0.15, 0.2) is 5.78 Å². The van der Waals surface area contributed by atoms with Gasteiger partial charge in [0.25, 0.3) is 0 Å². The first-order valence-electron chi connectivity index (χ1n) is 7.35. The minimum Gasteiger partial charge on any atom is -0.325 e. The minimum absolute atomic E-state index is 0.0292. The Hall–Kier alpha value is -2.17. The summed E-state index contributed by atoms with van der Waals surface area (Å²) < 4.78 is 0. The fourth-order valence-electron chi connectivity index (χ4n) is 2.14. The van der Waals surface area contributed by atoms with Gasteiger partial charge in [-0.2, -0.15) is 0 Å². The van der Waals surface area contributed by atoms with Crippen molar-refractivity contribution in [1.29, 1.82) is 0 Å². The number of hydrogen-bond donors (Lipinski definition) is 2. The molecule has 0 bridgehead atoms. The number of rotatable bonds is 6. The normalized spacial score (nSPS) is 11.8. The van der Waals surface area contributed by atoms with E-state index in [4.69, 9.17) is 11.6 Å². The number of Topliss-reactive ketones (excluding diaryl/α,β-unsaturated/α-hetero) is 1. The van der Waals surface area contributed by atoms with E-state index >= 15 is 0 Å². The average Bonchev–Trinajstić information content (AvgIpc) is 2.53. The van der Waals surface area contributed by atoms with Crippen molar-refractivity contribution in [3.63, 3.8) is 0 Å². The van der Waals surface area contributed by atoms with Crippen LogP contribution in [0, 0.1) is 0 Å². The standard InChI is InChI=1S/C18H19ClN2O2/c1-12(14-6-8-16(19)9-7-14)20-11-18(23)21-17-5-3-4-15(10-17)13(2)22/h3-10,12,20H,11H2,1-2H3,(H,21,23)/t12-/m0/s1. The number of carbonyl (C=O) groups excluding carboxylic acids is 2. The van der Waals surface area contributed by atoms with E-state index in [0.29, 0.717) is 16.3 Å². The predicted molar refractivity (Wildman–Crippen MR) is 92.9 cm³/mol. The van der Waals surface area contributed by atoms with Crippen LogP contribution in [-0.2, 0) is 4.79 Å². The third-order valence-electron chi connectivity index (χ3n) is 3.49. The van der Waals surface area contributed by atoms with Crippen LogP contribution in [0.2, 0.25) is 5.02 Å². The maximum Gasteiger partial charge on any atom is 0.238 e. The molecule has 0 saturated carbocycles. The van der Waals surface area contributed by atoms with Gasteiger partial charge in [0, 0.05) is 22.3 Å². The number of nitrogens with one attached hydrogen (secondary N) is 2. The summed E-state index contributed by atoms with van der Waals surface area (Å²) in [6.45, 7) is 3.65. The summed E-state index contributed by atoms with van der Waals surface area (Å²) >= 11 is 5.86. The Bertz CT molecular complexity index is 698. The van der Waals surface area contributed by atoms with Crippen LogP contribution in [0.3, 0.4) is 0 Å². The number of benzene rings is 2. The summed E-state index contributed by atoms with van der Waals surface area (Å²) in [5.74, 6) is -0.192. The topological polar surface area (TPSA) is 58.2 Å². The Morgan fingerprint density at radius 1 is 1.13 bits per heavy atom. The van der Waals surface area contributed by atoms with Gasteiger partial charge in [0.05, 0.1) is 6.54 Å². The van der Waals surface area contributed by atoms with Crippen LogP contribution >= 0.6 is 11.6 Å². The molecule has 0 aromatic heterocycles. The number of hydrogen-bond acceptors (Lipinski definition) is 3. The van der Waals surface area contributed by atoms with E-state index < -0.39 is 0 Å². The zero-order valence-corrected chi connectivity index (χ0v) is 13.9. The van der Waals surface area contributed by atoms with Crippen molar-refractivity contribution >= 4 is 29.0 Å². The lowest BCUT2D eigenvalue weighted by atomic mass is 10.1. The summed E-state index contributed by atoms with van der Waals surface area (Å²) in [4.78, 5) is 23.3. The number of carbonyl (C=O) groups is 2. The highest BCUT2D eigenvalue weighted by Gasteiger charge is 2.09. The van der Waals surface area contributed by atoms with E-state index in [-0.39, 0.29) is 24.3 Å². The van der Waals surface area contributed by atoms with Crippen molar-refractivity contribution in [2.45, 2.75) is 19.9 Å². The second-order valence-electron chi connectivity index (χ2n) is 5.34. The van der Waals surface area contributed by atoms with Gasteiger partial charge in [0.2, 0.25) is 5.91 Å². The summed E-state index contributed by atoms with van der Waals surface area (Å²) in [5, 5.41) is 6.62. The van der Waals surface area contributed by atoms with Gasteiger partial charge >= 0.3 is 0 Å². The molecule has 2 aromatic carbocycles. The van der Waals surface area contributed by atoms with Crippen molar-refractivity contribution < 1.29 is 9.59 Å². The van der Waals surface area contributed by atoms with Crippen molar-refractivity contribution in [3.05, 3.63) is 64.7 Å². The quantitative estimate of drug-likeness (QED) is 0.791. The van der Waals surface area contributed by atoms with E-state index in [1.54, 1.807) is 24.3 Å². The molecule has 0 spiro atoms. The molecule has 1 amide bonds. The third-order valence-corrected chi connectivity index (χ3v) is 3.74. The van der Waals surface area contributed by atoms with Crippen molar-refractivity contribution in [2.24, 2.45) is 0 Å². The Balaban J connectivity index is 1.88. The molecule has 0 aliphatic rings. The van der Waals surface area contributed by atoms with Crippen LogP contribution in [0.4, 0.5) is 5.69 Å². The van der Waals surface area contributed by atoms with E-state index in [1.165, 1.54) is 6.92 Å². The summed E-state index contributed by atoms with van der Waals surface area (Å²) in [5.41, 5.74) is 2.25. The van der Waals surface area contributed by atoms with Crippen molar-refractivity contribution in [3.8, 4) is 0 Å². The molecule has 0 saturated heterocycles. The first-order valence-corrected chi connectivity index (χ1v) is 7.73. The maximum atomic E-state index is 12.0. The van der Waals surface area contributed by atoms with Crippen LogP contribution in [0.25, 0.3) is 0 Å². The van der Waals surface area contributed by atoms with E-state index in [0.717, 1.165) is 5.56 Å². The van der Waals surface area contributed by atoms with Gasteiger partial charge in [0.1, 0.15) is 0 Å². The molecule has 0 heterocycles. The molecule has 2 N–H and O–H groups in total. The molecule has 0 aliphatic carbocycles. The highest BCUT2D eigenvalue weighted by atomic mass is 35.5. The van der Waals surface area contributed by atoms with Gasteiger partial charge < -0.3 is 10.6 Å². The molecule has 1 atom stereocenters. The van der Waals surface area contributed by atoms with Crippen molar-refractivity contribution in [2.75, 3.05) is 11.9 Å². The van der Waals surface area contributed by atoms with Gasteiger partial charge in [-0.05, 0) is 43.7 Å². The lowest BCUT2D eigenvalue weighted by Gasteiger charge is -2.14. The Kier molecular flexibility index (Phi) is 5.90. The smallest absolute Gasteiger partial charge is 0.238 e. The molecular weight excluding hydrogens is 312 g/mol. The lowest BCUT2D eigenvalue weighted by molar-refractivity contribution is -0.115. The Morgan fingerprint density at radius 2 is 1.83 bits per heavy atom. The molecule has 0 radical (unpaired) electrons. The van der Waals surface area contributed by atoms with Gasteiger partial charge in [-0.15, -0.1) is 0 Å². The first kappa shape index (κ1) is 17.2. The van der Waals surface area contributed by atoms with Gasteiger partial charge in [-0.3, -0.25) is 9.59 Å². The summed E-state index contributed by atoms with van der Waals surface area (Å²) in [7, 11) is 0. The summed E-state index contributed by atoms with van der Waals surface area (Å²) in [6.07, 6.45) is 0. The molecular formula is C18H19ClN2O2. The van der Waals surface area contributed by atoms with Crippen LogP contribution in [0.15, 0.2) is 48.5 Å². The Morgan fingerprint density at radius 3 is 2.48 bits per heavy atom. The molecule has 2 aromatic rings. The molecule has 120 valence electrons. The fourth-order valence-corrected chi connectivity index (χ4v) is 2.26. The van der Waals surface area contributed by atoms with Crippen LogP contribution in [0.5, 0.6) is 0 Å². The maximum absolute atomic E-state index is 12.0. The van der Waals surface area contributed by atoms with E-state index in [1.807, 2.05) is 31.2 Å². The lowest BCUT2D eigenvalue weighted by Crippen LogP contribution is -2.30. The number of amides is 1. The second kappa shape index (κ2) is 7.90. The monoisotopic (exact) mass is 330 g/mol. The molecule has 0 unspecified atom stereocenters. The van der Waals surface area contributed by atoms with Gasteiger partial charge in [-0.1, -0.05) is 35.9 Å². The third kappa shape index (κ3) is 5.20. The molecule has 2 rings (SSSR count). The number of ketones is 1. The molecule has 5 heteroatoms. The molecule has 4 nitrogen and oxygen atoms in total. The fraction of sp³-hybridized carbons (Fsp3) is 0.222. The van der Waals surface area contributed by atoms with Gasteiger partial charge in [-0.25, -0.2) is 0 Å². The highest BCUT2D eigenvalue weighted by Crippen LogP contribution is 2.16. The predicted octanol–water partition coefficient (Wildman–Crippen LogP) is 3.83. The largest absolute Gasteiger partial charge is 0.325 e. The zero-order chi connectivity index (χ0) is 16.8. The first-order chi connectivity index (χ1) is 11.0. The number of anilines is 1. The van der Waals surface area contributed by atoms with E-state index in [2.05, 4.69) is 10.6 Å². The molecule has 0 fully saturated rings. The van der Waals surface area contributed by atoms with Crippen molar-refractivity contribution in [1.82, 2.24) is 5.32 Å². The van der Waals surface area contributed by atoms with Crippen LogP contribution in [0.1, 0.15) is 35.8 Å². The highest BCUT2D eigenvalue weighted by molar-refractivity contribution is 6.30. The van der Waals surface area contributed by atoms with E-state index in [9.17, 15) is 9.59 Å². The number of halogens is 1. The Labute approximate surface area is 140 Å². The zero-order valence-electron chi connectivity index (χ0n) is 13.1. The minimum atomic E-state index is -0.161.